The van der Waals surface area contributed by atoms with Crippen LogP contribution >= 0.6 is 27.3 Å². The highest BCUT2D eigenvalue weighted by Gasteiger charge is 2.12. The molecule has 2 nitrogen and oxygen atoms in total. The maximum absolute atomic E-state index is 9.98. The average molecular weight is 292 g/mol. The van der Waals surface area contributed by atoms with Crippen LogP contribution in [0.3, 0.4) is 0 Å². The largest absolute Gasteiger partial charge is 0.388 e. The Labute approximate surface area is 104 Å². The van der Waals surface area contributed by atoms with Crippen molar-refractivity contribution in [1.29, 1.82) is 0 Å². The van der Waals surface area contributed by atoms with E-state index in [0.717, 1.165) is 36.1 Å². The molecule has 4 heteroatoms. The van der Waals surface area contributed by atoms with Crippen LogP contribution in [-0.2, 0) is 0 Å². The van der Waals surface area contributed by atoms with Gasteiger partial charge in [0.2, 0.25) is 0 Å². The van der Waals surface area contributed by atoms with Gasteiger partial charge in [0.15, 0.2) is 0 Å². The molecular formula is C11H18BrNOS. The first-order valence-electron chi connectivity index (χ1n) is 5.31. The predicted octanol–water partition coefficient (Wildman–Crippen LogP) is 3.28. The van der Waals surface area contributed by atoms with Crippen molar-refractivity contribution < 1.29 is 5.11 Å². The first-order chi connectivity index (χ1) is 7.19. The fourth-order valence-corrected chi connectivity index (χ4v) is 3.14. The molecule has 1 N–H and O–H groups in total. The van der Waals surface area contributed by atoms with Gasteiger partial charge >= 0.3 is 0 Å². The standard InChI is InChI=1S/C11H18BrNOS/c1-3-13(4-2)6-5-11(14)9-7-15-8-10(9)12/h7-8,11,14H,3-6H2,1-2H3. The highest BCUT2D eigenvalue weighted by atomic mass is 79.9. The van der Waals surface area contributed by atoms with Crippen molar-refractivity contribution in [2.75, 3.05) is 19.6 Å². The molecule has 86 valence electrons. The number of thiophene rings is 1. The number of hydrogen-bond acceptors (Lipinski definition) is 3. The summed E-state index contributed by atoms with van der Waals surface area (Å²) in [6.07, 6.45) is 0.461. The number of nitrogens with zero attached hydrogens (tertiary/aromatic N) is 1. The Balaban J connectivity index is 2.42. The lowest BCUT2D eigenvalue weighted by Crippen LogP contribution is -2.25. The van der Waals surface area contributed by atoms with Gasteiger partial charge in [-0.05, 0) is 40.8 Å². The second kappa shape index (κ2) is 6.63. The molecule has 1 aromatic rings. The van der Waals surface area contributed by atoms with Crippen LogP contribution < -0.4 is 0 Å². The lowest BCUT2D eigenvalue weighted by atomic mass is 10.1. The van der Waals surface area contributed by atoms with Crippen molar-refractivity contribution in [3.8, 4) is 0 Å². The molecule has 1 rings (SSSR count). The molecule has 0 radical (unpaired) electrons. The van der Waals surface area contributed by atoms with Crippen LogP contribution in [0.5, 0.6) is 0 Å². The van der Waals surface area contributed by atoms with E-state index >= 15 is 0 Å². The molecule has 0 amide bonds. The molecule has 1 heterocycles. The van der Waals surface area contributed by atoms with Crippen LogP contribution in [0.15, 0.2) is 15.2 Å². The number of hydrogen-bond donors (Lipinski definition) is 1. The third-order valence-electron chi connectivity index (χ3n) is 2.61. The van der Waals surface area contributed by atoms with Gasteiger partial charge < -0.3 is 10.0 Å². The molecule has 0 spiro atoms. The summed E-state index contributed by atoms with van der Waals surface area (Å²) in [5.41, 5.74) is 1.02. The quantitative estimate of drug-likeness (QED) is 0.870. The van der Waals surface area contributed by atoms with Crippen molar-refractivity contribution in [3.05, 3.63) is 20.8 Å². The molecule has 0 aliphatic heterocycles. The van der Waals surface area contributed by atoms with E-state index in [1.807, 2.05) is 10.8 Å². The van der Waals surface area contributed by atoms with Gasteiger partial charge in [-0.1, -0.05) is 13.8 Å². The molecule has 0 aromatic carbocycles. The fraction of sp³-hybridized carbons (Fsp3) is 0.636. The van der Waals surface area contributed by atoms with Crippen LogP contribution in [0.25, 0.3) is 0 Å². The summed E-state index contributed by atoms with van der Waals surface area (Å²) in [5.74, 6) is 0. The van der Waals surface area contributed by atoms with Gasteiger partial charge in [0.25, 0.3) is 0 Å². The van der Waals surface area contributed by atoms with Crippen LogP contribution in [0.2, 0.25) is 0 Å². The zero-order valence-corrected chi connectivity index (χ0v) is 11.6. The van der Waals surface area contributed by atoms with Gasteiger partial charge in [0, 0.05) is 22.0 Å². The maximum Gasteiger partial charge on any atom is 0.0821 e. The summed E-state index contributed by atoms with van der Waals surface area (Å²) in [5, 5.41) is 14.0. The van der Waals surface area contributed by atoms with Crippen LogP contribution in [-0.4, -0.2) is 29.6 Å². The van der Waals surface area contributed by atoms with E-state index in [4.69, 9.17) is 0 Å². The second-order valence-electron chi connectivity index (χ2n) is 3.51. The minimum absolute atomic E-state index is 0.341. The predicted molar refractivity (Wildman–Crippen MR) is 69.4 cm³/mol. The molecule has 15 heavy (non-hydrogen) atoms. The maximum atomic E-state index is 9.98. The van der Waals surface area contributed by atoms with E-state index in [2.05, 4.69) is 34.7 Å². The third kappa shape index (κ3) is 3.87. The molecule has 0 aliphatic carbocycles. The van der Waals surface area contributed by atoms with Crippen molar-refractivity contribution in [3.63, 3.8) is 0 Å². The minimum Gasteiger partial charge on any atom is -0.388 e. The zero-order valence-electron chi connectivity index (χ0n) is 9.24. The van der Waals surface area contributed by atoms with Crippen LogP contribution in [0.1, 0.15) is 31.9 Å². The lowest BCUT2D eigenvalue weighted by Gasteiger charge is -2.19. The Kier molecular flexibility index (Phi) is 5.82. The van der Waals surface area contributed by atoms with Crippen LogP contribution in [0.4, 0.5) is 0 Å². The number of aliphatic hydroxyl groups excluding tert-OH is 1. The van der Waals surface area contributed by atoms with E-state index in [0.29, 0.717) is 0 Å². The molecule has 0 aliphatic rings. The van der Waals surface area contributed by atoms with Crippen molar-refractivity contribution >= 4 is 27.3 Å². The number of aliphatic hydroxyl groups is 1. The molecule has 1 atom stereocenters. The Hall–Kier alpha value is 0.100. The molecule has 0 fully saturated rings. The average Bonchev–Trinajstić information content (AvgIpc) is 2.66. The normalized spacial score (nSPS) is 13.4. The molecule has 0 bridgehead atoms. The van der Waals surface area contributed by atoms with Gasteiger partial charge in [0.1, 0.15) is 0 Å². The summed E-state index contributed by atoms with van der Waals surface area (Å²) < 4.78 is 1.03. The van der Waals surface area contributed by atoms with E-state index in [-0.39, 0.29) is 6.10 Å². The smallest absolute Gasteiger partial charge is 0.0821 e. The van der Waals surface area contributed by atoms with E-state index in [1.165, 1.54) is 0 Å². The molecule has 1 unspecified atom stereocenters. The van der Waals surface area contributed by atoms with Crippen molar-refractivity contribution in [2.24, 2.45) is 0 Å². The number of halogens is 1. The van der Waals surface area contributed by atoms with Gasteiger partial charge in [0.05, 0.1) is 6.10 Å². The highest BCUT2D eigenvalue weighted by molar-refractivity contribution is 9.10. The molecule has 1 aromatic heterocycles. The third-order valence-corrected chi connectivity index (χ3v) is 4.37. The summed E-state index contributed by atoms with van der Waals surface area (Å²) in [6, 6.07) is 0. The minimum atomic E-state index is -0.341. The summed E-state index contributed by atoms with van der Waals surface area (Å²) in [4.78, 5) is 2.32. The monoisotopic (exact) mass is 291 g/mol. The molecule has 0 saturated heterocycles. The Bertz CT molecular complexity index is 286. The SMILES string of the molecule is CCN(CC)CCC(O)c1cscc1Br. The topological polar surface area (TPSA) is 23.5 Å². The first-order valence-corrected chi connectivity index (χ1v) is 7.04. The number of rotatable bonds is 6. The lowest BCUT2D eigenvalue weighted by molar-refractivity contribution is 0.145. The van der Waals surface area contributed by atoms with Crippen LogP contribution in [0, 0.1) is 0 Å². The van der Waals surface area contributed by atoms with Gasteiger partial charge in [-0.2, -0.15) is 11.3 Å². The molecular weight excluding hydrogens is 274 g/mol. The summed E-state index contributed by atoms with van der Waals surface area (Å²) in [7, 11) is 0. The summed E-state index contributed by atoms with van der Waals surface area (Å²) in [6.45, 7) is 7.35. The van der Waals surface area contributed by atoms with E-state index in [1.54, 1.807) is 11.3 Å². The van der Waals surface area contributed by atoms with E-state index in [9.17, 15) is 5.11 Å². The second-order valence-corrected chi connectivity index (χ2v) is 5.10. The molecule has 0 saturated carbocycles. The Morgan fingerprint density at radius 3 is 2.53 bits per heavy atom. The van der Waals surface area contributed by atoms with Gasteiger partial charge in [-0.25, -0.2) is 0 Å². The zero-order chi connectivity index (χ0) is 11.3. The summed E-state index contributed by atoms with van der Waals surface area (Å²) >= 11 is 5.06. The Morgan fingerprint density at radius 2 is 2.07 bits per heavy atom. The van der Waals surface area contributed by atoms with Crippen molar-refractivity contribution in [1.82, 2.24) is 4.90 Å². The van der Waals surface area contributed by atoms with E-state index < -0.39 is 0 Å². The first kappa shape index (κ1) is 13.2. The van der Waals surface area contributed by atoms with Gasteiger partial charge in [-0.15, -0.1) is 0 Å². The van der Waals surface area contributed by atoms with Crippen molar-refractivity contribution in [2.45, 2.75) is 26.4 Å². The highest BCUT2D eigenvalue weighted by Crippen LogP contribution is 2.29. The Morgan fingerprint density at radius 1 is 1.40 bits per heavy atom. The van der Waals surface area contributed by atoms with Gasteiger partial charge in [-0.3, -0.25) is 0 Å². The fourth-order valence-electron chi connectivity index (χ4n) is 1.53.